The highest BCUT2D eigenvalue weighted by atomic mass is 32.2. The molecule has 21 heavy (non-hydrogen) atoms. The minimum atomic E-state index is 0.0954. The van der Waals surface area contributed by atoms with E-state index in [1.54, 1.807) is 0 Å². The fourth-order valence-electron chi connectivity index (χ4n) is 2.99. The molecule has 1 aliphatic heterocycles. The van der Waals surface area contributed by atoms with Gasteiger partial charge in [-0.1, -0.05) is 12.1 Å². The lowest BCUT2D eigenvalue weighted by atomic mass is 9.98. The molecule has 2 aliphatic rings. The molecule has 2 heterocycles. The summed E-state index contributed by atoms with van der Waals surface area (Å²) in [4.78, 5) is 7.55. The van der Waals surface area contributed by atoms with Crippen molar-refractivity contribution >= 4 is 23.1 Å². The lowest BCUT2D eigenvalue weighted by molar-refractivity contribution is 0.219. The Labute approximate surface area is 133 Å². The highest BCUT2D eigenvalue weighted by molar-refractivity contribution is 7.99. The predicted molar refractivity (Wildman–Crippen MR) is 87.4 cm³/mol. The van der Waals surface area contributed by atoms with E-state index in [1.807, 2.05) is 36.2 Å². The quantitative estimate of drug-likeness (QED) is 0.908. The number of fused-ring (bicyclic) bond motifs is 2. The van der Waals surface area contributed by atoms with Crippen LogP contribution in [0.5, 0.6) is 5.75 Å². The summed E-state index contributed by atoms with van der Waals surface area (Å²) < 4.78 is 6.17. The second-order valence-electron chi connectivity index (χ2n) is 5.46. The van der Waals surface area contributed by atoms with Crippen molar-refractivity contribution in [1.82, 2.24) is 10.3 Å². The highest BCUT2D eigenvalue weighted by Crippen LogP contribution is 2.43. The number of hydrogen-bond donors (Lipinski definition) is 1. The van der Waals surface area contributed by atoms with Gasteiger partial charge in [-0.2, -0.15) is 0 Å². The zero-order valence-electron chi connectivity index (χ0n) is 12.0. The maximum absolute atomic E-state index is 6.17. The highest BCUT2D eigenvalue weighted by Gasteiger charge is 2.29. The molecule has 0 fully saturated rings. The van der Waals surface area contributed by atoms with E-state index in [4.69, 9.17) is 9.72 Å². The molecule has 0 radical (unpaired) electrons. The zero-order valence-corrected chi connectivity index (χ0v) is 13.6. The SMILES string of the molecule is CNC1CCCc2nc(C3CSc4ccccc4O3)sc21. The topological polar surface area (TPSA) is 34.2 Å². The molecular formula is C16H18N2OS2. The molecule has 0 saturated carbocycles. The van der Waals surface area contributed by atoms with E-state index in [1.165, 1.54) is 28.3 Å². The summed E-state index contributed by atoms with van der Waals surface area (Å²) in [5, 5.41) is 4.56. The summed E-state index contributed by atoms with van der Waals surface area (Å²) in [5.41, 5.74) is 1.29. The molecular weight excluding hydrogens is 300 g/mol. The van der Waals surface area contributed by atoms with Crippen LogP contribution in [0.15, 0.2) is 29.2 Å². The van der Waals surface area contributed by atoms with Crippen molar-refractivity contribution in [3.63, 3.8) is 0 Å². The van der Waals surface area contributed by atoms with Crippen molar-refractivity contribution in [3.05, 3.63) is 39.8 Å². The Morgan fingerprint density at radius 1 is 1.33 bits per heavy atom. The van der Waals surface area contributed by atoms with Crippen molar-refractivity contribution in [2.45, 2.75) is 36.3 Å². The smallest absolute Gasteiger partial charge is 0.159 e. The average molecular weight is 318 g/mol. The van der Waals surface area contributed by atoms with Gasteiger partial charge in [0.2, 0.25) is 0 Å². The third-order valence-corrected chi connectivity index (χ3v) is 6.52. The average Bonchev–Trinajstić information content (AvgIpc) is 2.98. The second-order valence-corrected chi connectivity index (χ2v) is 7.58. The Hall–Kier alpha value is -1.04. The number of aryl methyl sites for hydroxylation is 1. The van der Waals surface area contributed by atoms with E-state index < -0.39 is 0 Å². The van der Waals surface area contributed by atoms with Crippen LogP contribution < -0.4 is 10.1 Å². The van der Waals surface area contributed by atoms with Crippen molar-refractivity contribution in [2.24, 2.45) is 0 Å². The van der Waals surface area contributed by atoms with Crippen LogP contribution in [-0.4, -0.2) is 17.8 Å². The summed E-state index contributed by atoms with van der Waals surface area (Å²) in [5.74, 6) is 1.95. The molecule has 2 unspecified atom stereocenters. The first kappa shape index (κ1) is 13.6. The van der Waals surface area contributed by atoms with Gasteiger partial charge in [-0.25, -0.2) is 4.98 Å². The lowest BCUT2D eigenvalue weighted by Gasteiger charge is -2.23. The first-order valence-corrected chi connectivity index (χ1v) is 9.20. The largest absolute Gasteiger partial charge is 0.481 e. The number of benzene rings is 1. The Kier molecular flexibility index (Phi) is 3.65. The third-order valence-electron chi connectivity index (χ3n) is 4.10. The van der Waals surface area contributed by atoms with Crippen LogP contribution in [0.1, 0.15) is 40.6 Å². The van der Waals surface area contributed by atoms with Crippen LogP contribution in [0.4, 0.5) is 0 Å². The molecule has 4 rings (SSSR count). The van der Waals surface area contributed by atoms with Gasteiger partial charge < -0.3 is 10.1 Å². The molecule has 0 spiro atoms. The molecule has 5 heteroatoms. The van der Waals surface area contributed by atoms with Crippen LogP contribution in [0, 0.1) is 0 Å². The van der Waals surface area contributed by atoms with E-state index in [9.17, 15) is 0 Å². The van der Waals surface area contributed by atoms with Gasteiger partial charge in [-0.15, -0.1) is 23.1 Å². The third kappa shape index (κ3) is 2.47. The van der Waals surface area contributed by atoms with E-state index in [2.05, 4.69) is 23.5 Å². The number of aromatic nitrogens is 1. The van der Waals surface area contributed by atoms with Gasteiger partial charge in [0.1, 0.15) is 10.8 Å². The number of nitrogens with zero attached hydrogens (tertiary/aromatic N) is 1. The molecule has 3 nitrogen and oxygen atoms in total. The van der Waals surface area contributed by atoms with E-state index in [0.29, 0.717) is 6.04 Å². The second kappa shape index (κ2) is 5.63. The molecule has 1 aromatic heterocycles. The van der Waals surface area contributed by atoms with Gasteiger partial charge in [-0.05, 0) is 38.4 Å². The number of hydrogen-bond acceptors (Lipinski definition) is 5. The Balaban J connectivity index is 1.62. The predicted octanol–water partition coefficient (Wildman–Crippen LogP) is 3.97. The zero-order chi connectivity index (χ0) is 14.2. The first-order chi connectivity index (χ1) is 10.3. The monoisotopic (exact) mass is 318 g/mol. The minimum Gasteiger partial charge on any atom is -0.481 e. The summed E-state index contributed by atoms with van der Waals surface area (Å²) in [6.45, 7) is 0. The van der Waals surface area contributed by atoms with Crippen LogP contribution in [-0.2, 0) is 6.42 Å². The summed E-state index contributed by atoms with van der Waals surface area (Å²) in [6, 6.07) is 8.75. The number of para-hydroxylation sites is 1. The van der Waals surface area contributed by atoms with Gasteiger partial charge in [-0.3, -0.25) is 0 Å². The van der Waals surface area contributed by atoms with Crippen LogP contribution in [0.2, 0.25) is 0 Å². The lowest BCUT2D eigenvalue weighted by Crippen LogP contribution is -2.19. The standard InChI is InChI=1S/C16H18N2OS2/c1-17-10-5-4-6-11-15(10)21-16(18-11)13-9-20-14-8-3-2-7-12(14)19-13/h2-3,7-8,10,13,17H,4-6,9H2,1H3. The Morgan fingerprint density at radius 3 is 3.14 bits per heavy atom. The van der Waals surface area contributed by atoms with Crippen LogP contribution in [0.3, 0.4) is 0 Å². The molecule has 2 aromatic rings. The Morgan fingerprint density at radius 2 is 2.24 bits per heavy atom. The van der Waals surface area contributed by atoms with Crippen molar-refractivity contribution < 1.29 is 4.74 Å². The number of thioether (sulfide) groups is 1. The van der Waals surface area contributed by atoms with E-state index in [-0.39, 0.29) is 6.10 Å². The Bertz CT molecular complexity index is 655. The van der Waals surface area contributed by atoms with Gasteiger partial charge in [0.25, 0.3) is 0 Å². The molecule has 0 saturated heterocycles. The molecule has 2 atom stereocenters. The van der Waals surface area contributed by atoms with Gasteiger partial charge in [0, 0.05) is 21.6 Å². The molecule has 1 aromatic carbocycles. The van der Waals surface area contributed by atoms with Gasteiger partial charge >= 0.3 is 0 Å². The van der Waals surface area contributed by atoms with Crippen molar-refractivity contribution in [3.8, 4) is 5.75 Å². The maximum atomic E-state index is 6.17. The summed E-state index contributed by atoms with van der Waals surface area (Å²) >= 11 is 3.71. The first-order valence-electron chi connectivity index (χ1n) is 7.40. The summed E-state index contributed by atoms with van der Waals surface area (Å²) in [6.07, 6.45) is 3.65. The van der Waals surface area contributed by atoms with Crippen LogP contribution >= 0.6 is 23.1 Å². The molecule has 1 aliphatic carbocycles. The maximum Gasteiger partial charge on any atom is 0.159 e. The fourth-order valence-corrected chi connectivity index (χ4v) is 5.38. The fraction of sp³-hybridized carbons (Fsp3) is 0.438. The number of ether oxygens (including phenoxy) is 1. The van der Waals surface area contributed by atoms with Gasteiger partial charge in [0.05, 0.1) is 5.69 Å². The number of nitrogens with one attached hydrogen (secondary N) is 1. The van der Waals surface area contributed by atoms with Crippen LogP contribution in [0.25, 0.3) is 0 Å². The molecule has 0 amide bonds. The molecule has 1 N–H and O–H groups in total. The molecule has 110 valence electrons. The van der Waals surface area contributed by atoms with E-state index >= 15 is 0 Å². The van der Waals surface area contributed by atoms with E-state index in [0.717, 1.165) is 22.9 Å². The van der Waals surface area contributed by atoms with Crippen molar-refractivity contribution in [2.75, 3.05) is 12.8 Å². The van der Waals surface area contributed by atoms with Gasteiger partial charge in [0.15, 0.2) is 6.10 Å². The van der Waals surface area contributed by atoms with Crippen molar-refractivity contribution in [1.29, 1.82) is 0 Å². The molecule has 0 bridgehead atoms. The number of thiazole rings is 1. The minimum absolute atomic E-state index is 0.0954. The normalized spacial score (nSPS) is 24.0. The summed E-state index contributed by atoms with van der Waals surface area (Å²) in [7, 11) is 2.04. The number of rotatable bonds is 2.